The molecule has 0 aliphatic heterocycles. The van der Waals surface area contributed by atoms with E-state index in [2.05, 4.69) is 5.32 Å². The molecule has 2 N–H and O–H groups in total. The Kier molecular flexibility index (Phi) is 4.79. The van der Waals surface area contributed by atoms with Gasteiger partial charge in [-0.2, -0.15) is 0 Å². The Hall–Kier alpha value is -1.55. The lowest BCUT2D eigenvalue weighted by Gasteiger charge is -2.14. The third-order valence-electron chi connectivity index (χ3n) is 2.20. The van der Waals surface area contributed by atoms with Crippen molar-refractivity contribution in [2.45, 2.75) is 19.9 Å². The summed E-state index contributed by atoms with van der Waals surface area (Å²) < 4.78 is 4.71. The van der Waals surface area contributed by atoms with Crippen LogP contribution in [0.2, 0.25) is 0 Å². The first-order chi connectivity index (χ1) is 7.63. The van der Waals surface area contributed by atoms with E-state index in [-0.39, 0.29) is 19.3 Å². The van der Waals surface area contributed by atoms with Gasteiger partial charge in [0.2, 0.25) is 0 Å². The fourth-order valence-corrected chi connectivity index (χ4v) is 1.38. The van der Waals surface area contributed by atoms with Gasteiger partial charge in [0.05, 0.1) is 12.6 Å². The van der Waals surface area contributed by atoms with Crippen LogP contribution in [0.4, 0.5) is 4.79 Å². The number of aliphatic hydroxyl groups excluding tert-OH is 1. The molecule has 1 rings (SSSR count). The maximum Gasteiger partial charge on any atom is 0.407 e. The number of carbonyl (C=O) groups excluding carboxylic acids is 1. The van der Waals surface area contributed by atoms with E-state index in [9.17, 15) is 4.79 Å². The number of hydrogen-bond donors (Lipinski definition) is 2. The van der Waals surface area contributed by atoms with Gasteiger partial charge < -0.3 is 15.2 Å². The van der Waals surface area contributed by atoms with E-state index >= 15 is 0 Å². The van der Waals surface area contributed by atoms with E-state index in [0.29, 0.717) is 0 Å². The maximum atomic E-state index is 11.2. The largest absolute Gasteiger partial charge is 0.447 e. The van der Waals surface area contributed by atoms with E-state index in [1.54, 1.807) is 0 Å². The second-order valence-corrected chi connectivity index (χ2v) is 3.64. The lowest BCUT2D eigenvalue weighted by atomic mass is 10.1. The first kappa shape index (κ1) is 12.5. The molecule has 88 valence electrons. The smallest absolute Gasteiger partial charge is 0.407 e. The fourth-order valence-electron chi connectivity index (χ4n) is 1.38. The quantitative estimate of drug-likeness (QED) is 0.818. The molecule has 0 unspecified atom stereocenters. The predicted molar refractivity (Wildman–Crippen MR) is 61.2 cm³/mol. The average Bonchev–Trinajstić information content (AvgIpc) is 2.26. The van der Waals surface area contributed by atoms with Crippen molar-refractivity contribution in [2.75, 3.05) is 13.2 Å². The van der Waals surface area contributed by atoms with Crippen molar-refractivity contribution in [2.24, 2.45) is 0 Å². The molecular weight excluding hydrogens is 206 g/mol. The van der Waals surface area contributed by atoms with Crippen molar-refractivity contribution >= 4 is 6.09 Å². The third kappa shape index (κ3) is 3.90. The van der Waals surface area contributed by atoms with Gasteiger partial charge in [0.25, 0.3) is 0 Å². The Labute approximate surface area is 95.2 Å². The summed E-state index contributed by atoms with van der Waals surface area (Å²) in [6.07, 6.45) is -0.511. The molecule has 1 aromatic carbocycles. The number of carbonyl (C=O) groups is 1. The van der Waals surface area contributed by atoms with Gasteiger partial charge in [-0.25, -0.2) is 4.79 Å². The summed E-state index contributed by atoms with van der Waals surface area (Å²) in [6, 6.07) is 7.80. The van der Waals surface area contributed by atoms with Crippen LogP contribution in [0.1, 0.15) is 24.1 Å². The Bertz CT molecular complexity index is 352. The summed E-state index contributed by atoms with van der Waals surface area (Å²) in [4.78, 5) is 11.2. The van der Waals surface area contributed by atoms with Gasteiger partial charge >= 0.3 is 6.09 Å². The van der Waals surface area contributed by atoms with Crippen LogP contribution in [-0.4, -0.2) is 24.4 Å². The van der Waals surface area contributed by atoms with Crippen LogP contribution in [-0.2, 0) is 4.74 Å². The van der Waals surface area contributed by atoms with E-state index in [0.717, 1.165) is 11.1 Å². The number of nitrogens with one attached hydrogen (secondary N) is 1. The second-order valence-electron chi connectivity index (χ2n) is 3.64. The van der Waals surface area contributed by atoms with Gasteiger partial charge in [0.1, 0.15) is 6.61 Å². The molecule has 0 bridgehead atoms. The molecule has 0 radical (unpaired) electrons. The first-order valence-electron chi connectivity index (χ1n) is 5.24. The van der Waals surface area contributed by atoms with E-state index in [1.165, 1.54) is 0 Å². The van der Waals surface area contributed by atoms with E-state index in [4.69, 9.17) is 9.84 Å². The molecular formula is C12H17NO3. The van der Waals surface area contributed by atoms with Crippen molar-refractivity contribution in [1.29, 1.82) is 0 Å². The van der Waals surface area contributed by atoms with E-state index < -0.39 is 6.09 Å². The highest BCUT2D eigenvalue weighted by Crippen LogP contribution is 2.13. The molecule has 0 saturated carbocycles. The number of amides is 1. The van der Waals surface area contributed by atoms with Crippen LogP contribution in [0.15, 0.2) is 24.3 Å². The topological polar surface area (TPSA) is 58.6 Å². The van der Waals surface area contributed by atoms with Gasteiger partial charge in [-0.05, 0) is 19.4 Å². The zero-order valence-corrected chi connectivity index (χ0v) is 9.56. The highest BCUT2D eigenvalue weighted by atomic mass is 16.6. The normalized spacial score (nSPS) is 11.9. The Morgan fingerprint density at radius 2 is 2.31 bits per heavy atom. The monoisotopic (exact) mass is 223 g/mol. The SMILES string of the molecule is Cc1cccc([C@@H](C)NC(=O)OCCO)c1. The van der Waals surface area contributed by atoms with Gasteiger partial charge in [-0.15, -0.1) is 0 Å². The number of benzene rings is 1. The zero-order valence-electron chi connectivity index (χ0n) is 9.56. The lowest BCUT2D eigenvalue weighted by molar-refractivity contribution is 0.116. The van der Waals surface area contributed by atoms with Crippen molar-refractivity contribution < 1.29 is 14.6 Å². The highest BCUT2D eigenvalue weighted by Gasteiger charge is 2.09. The van der Waals surface area contributed by atoms with Crippen molar-refractivity contribution in [1.82, 2.24) is 5.32 Å². The van der Waals surface area contributed by atoms with Crippen LogP contribution in [0.25, 0.3) is 0 Å². The summed E-state index contributed by atoms with van der Waals surface area (Å²) in [7, 11) is 0. The molecule has 0 fully saturated rings. The van der Waals surface area contributed by atoms with Crippen LogP contribution in [0.5, 0.6) is 0 Å². The van der Waals surface area contributed by atoms with Crippen LogP contribution in [0, 0.1) is 6.92 Å². The Morgan fingerprint density at radius 3 is 2.94 bits per heavy atom. The van der Waals surface area contributed by atoms with E-state index in [1.807, 2.05) is 38.1 Å². The van der Waals surface area contributed by atoms with Gasteiger partial charge in [0.15, 0.2) is 0 Å². The average molecular weight is 223 g/mol. The molecule has 16 heavy (non-hydrogen) atoms. The number of ether oxygens (including phenoxy) is 1. The number of rotatable bonds is 4. The van der Waals surface area contributed by atoms with Crippen LogP contribution >= 0.6 is 0 Å². The molecule has 1 aromatic rings. The molecule has 0 aliphatic carbocycles. The fraction of sp³-hybridized carbons (Fsp3) is 0.417. The third-order valence-corrected chi connectivity index (χ3v) is 2.20. The minimum absolute atomic E-state index is 0.0202. The summed E-state index contributed by atoms with van der Waals surface area (Å²) >= 11 is 0. The summed E-state index contributed by atoms with van der Waals surface area (Å²) in [6.45, 7) is 3.74. The second kappa shape index (κ2) is 6.12. The summed E-state index contributed by atoms with van der Waals surface area (Å²) in [5.74, 6) is 0. The van der Waals surface area contributed by atoms with Crippen molar-refractivity contribution in [3.63, 3.8) is 0 Å². The van der Waals surface area contributed by atoms with Crippen LogP contribution in [0.3, 0.4) is 0 Å². The minimum atomic E-state index is -0.511. The molecule has 4 nitrogen and oxygen atoms in total. The summed E-state index contributed by atoms with van der Waals surface area (Å²) in [5, 5.41) is 11.2. The number of hydrogen-bond acceptors (Lipinski definition) is 3. The first-order valence-corrected chi connectivity index (χ1v) is 5.24. The molecule has 0 heterocycles. The molecule has 0 aromatic heterocycles. The Balaban J connectivity index is 2.52. The molecule has 1 amide bonds. The lowest BCUT2D eigenvalue weighted by Crippen LogP contribution is -2.28. The number of aryl methyl sites for hydroxylation is 1. The molecule has 0 saturated heterocycles. The predicted octanol–water partition coefficient (Wildman–Crippen LogP) is 1.77. The highest BCUT2D eigenvalue weighted by molar-refractivity contribution is 5.67. The van der Waals surface area contributed by atoms with Gasteiger partial charge in [-0.3, -0.25) is 0 Å². The van der Waals surface area contributed by atoms with Crippen LogP contribution < -0.4 is 5.32 Å². The minimum Gasteiger partial charge on any atom is -0.447 e. The molecule has 1 atom stereocenters. The van der Waals surface area contributed by atoms with Crippen molar-refractivity contribution in [3.8, 4) is 0 Å². The number of alkyl carbamates (subject to hydrolysis) is 1. The van der Waals surface area contributed by atoms with Gasteiger partial charge in [0, 0.05) is 0 Å². The van der Waals surface area contributed by atoms with Crippen molar-refractivity contribution in [3.05, 3.63) is 35.4 Å². The maximum absolute atomic E-state index is 11.2. The number of aliphatic hydroxyl groups is 1. The zero-order chi connectivity index (χ0) is 12.0. The Morgan fingerprint density at radius 1 is 1.56 bits per heavy atom. The molecule has 0 spiro atoms. The standard InChI is InChI=1S/C12H17NO3/c1-9-4-3-5-11(8-9)10(2)13-12(15)16-7-6-14/h3-5,8,10,14H,6-7H2,1-2H3,(H,13,15)/t10-/m1/s1. The molecule has 0 aliphatic rings. The molecule has 4 heteroatoms. The summed E-state index contributed by atoms with van der Waals surface area (Å²) in [5.41, 5.74) is 2.18. The van der Waals surface area contributed by atoms with Gasteiger partial charge in [-0.1, -0.05) is 29.8 Å².